The summed E-state index contributed by atoms with van der Waals surface area (Å²) in [5.74, 6) is -2.25. The number of carboxylic acid groups (broad SMARTS) is 1. The number of aromatic nitrogens is 1. The van der Waals surface area contributed by atoms with Crippen LogP contribution in [0, 0.1) is 4.91 Å². The lowest BCUT2D eigenvalue weighted by atomic mass is 10.2. The van der Waals surface area contributed by atoms with Crippen LogP contribution in [0.4, 0.5) is 0 Å². The van der Waals surface area contributed by atoms with E-state index in [0.717, 1.165) is 6.92 Å². The number of hydrogen-bond donors (Lipinski definition) is 2. The number of fused-ring (bicyclic) bond motifs is 1. The summed E-state index contributed by atoms with van der Waals surface area (Å²) in [5, 5.41) is 11.4. The number of nitrogens with one attached hydrogen (secondary N) is 1. The minimum Gasteiger partial charge on any atom is -0.479 e. The molecule has 2 N–H and O–H groups in total. The van der Waals surface area contributed by atoms with Gasteiger partial charge in [0.2, 0.25) is 6.04 Å². The number of carbonyl (C=O) groups excluding carboxylic acids is 1. The number of nitroso groups, excluding NO2 is 1. The number of nitrogens with zero attached hydrogens (tertiary/aromatic N) is 1. The van der Waals surface area contributed by atoms with Crippen LogP contribution in [0.5, 0.6) is 0 Å². The molecule has 0 bridgehead atoms. The van der Waals surface area contributed by atoms with Crippen LogP contribution >= 0.6 is 0 Å². The highest BCUT2D eigenvalue weighted by Gasteiger charge is 2.22. The Kier molecular flexibility index (Phi) is 4.74. The van der Waals surface area contributed by atoms with Gasteiger partial charge < -0.3 is 10.1 Å². The third-order valence-electron chi connectivity index (χ3n) is 2.19. The van der Waals surface area contributed by atoms with Crippen molar-refractivity contribution in [3.63, 3.8) is 0 Å². The van der Waals surface area contributed by atoms with Gasteiger partial charge in [-0.25, -0.2) is 4.79 Å². The maximum atomic E-state index is 10.1. The number of benzene rings is 1. The van der Waals surface area contributed by atoms with Crippen LogP contribution in [-0.2, 0) is 9.59 Å². The molecule has 2 aromatic rings. The molecule has 2 rings (SSSR count). The van der Waals surface area contributed by atoms with Crippen molar-refractivity contribution < 1.29 is 14.7 Å². The monoisotopic (exact) mass is 248 g/mol. The Bertz CT molecular complexity index is 518. The van der Waals surface area contributed by atoms with Gasteiger partial charge in [0.25, 0.3) is 0 Å². The lowest BCUT2D eigenvalue weighted by Crippen LogP contribution is -2.24. The number of ketones is 1. The smallest absolute Gasteiger partial charge is 0.339 e. The summed E-state index contributed by atoms with van der Waals surface area (Å²) in [5.41, 5.74) is 1.21. The average molecular weight is 248 g/mol. The number of carbonyl (C=O) groups is 2. The van der Waals surface area contributed by atoms with Crippen molar-refractivity contribution in [2.75, 3.05) is 0 Å². The van der Waals surface area contributed by atoms with Gasteiger partial charge in [0.1, 0.15) is 0 Å². The first-order chi connectivity index (χ1) is 8.56. The molecule has 6 heteroatoms. The van der Waals surface area contributed by atoms with Gasteiger partial charge in [-0.1, -0.05) is 18.2 Å². The van der Waals surface area contributed by atoms with Gasteiger partial charge in [-0.3, -0.25) is 4.79 Å². The highest BCUT2D eigenvalue weighted by atomic mass is 16.4. The lowest BCUT2D eigenvalue weighted by Gasteiger charge is -1.93. The third-order valence-corrected chi connectivity index (χ3v) is 2.19. The Morgan fingerprint density at radius 1 is 1.28 bits per heavy atom. The molecular formula is C12H12N2O4. The molecule has 0 amide bonds. The second-order valence-corrected chi connectivity index (χ2v) is 3.52. The number of hydrogen-bond acceptors (Lipinski definition) is 4. The van der Waals surface area contributed by atoms with Gasteiger partial charge in [0, 0.05) is 11.7 Å². The van der Waals surface area contributed by atoms with Gasteiger partial charge in [-0.15, -0.1) is 4.91 Å². The fraction of sp³-hybridized carbons (Fsp3) is 0.167. The normalized spacial score (nSPS) is 11.2. The average Bonchev–Trinajstić information content (AvgIpc) is 2.77. The molecule has 94 valence electrons. The third kappa shape index (κ3) is 3.51. The van der Waals surface area contributed by atoms with E-state index in [9.17, 15) is 14.5 Å². The maximum Gasteiger partial charge on any atom is 0.339 e. The van der Waals surface area contributed by atoms with Crippen LogP contribution in [0.3, 0.4) is 0 Å². The molecule has 0 fully saturated rings. The van der Waals surface area contributed by atoms with Gasteiger partial charge >= 0.3 is 5.97 Å². The van der Waals surface area contributed by atoms with Crippen LogP contribution in [0.25, 0.3) is 10.9 Å². The first-order valence-corrected chi connectivity index (χ1v) is 5.14. The summed E-state index contributed by atoms with van der Waals surface area (Å²) in [6.07, 6.45) is 1.95. The Labute approximate surface area is 103 Å². The molecule has 1 heterocycles. The fourth-order valence-electron chi connectivity index (χ4n) is 1.29. The largest absolute Gasteiger partial charge is 0.479 e. The Balaban J connectivity index is 0.000000180. The zero-order chi connectivity index (χ0) is 13.5. The first-order valence-electron chi connectivity index (χ1n) is 5.14. The first kappa shape index (κ1) is 13.6. The molecule has 1 unspecified atom stereocenters. The van der Waals surface area contributed by atoms with Crippen LogP contribution in [-0.4, -0.2) is 27.9 Å². The second kappa shape index (κ2) is 6.29. The Morgan fingerprint density at radius 3 is 2.39 bits per heavy atom. The molecule has 0 radical (unpaired) electrons. The van der Waals surface area contributed by atoms with Gasteiger partial charge in [0.05, 0.1) is 0 Å². The zero-order valence-corrected chi connectivity index (χ0v) is 9.66. The van der Waals surface area contributed by atoms with E-state index in [4.69, 9.17) is 5.11 Å². The van der Waals surface area contributed by atoms with E-state index in [-0.39, 0.29) is 0 Å². The molecule has 1 aromatic carbocycles. The Hall–Kier alpha value is -2.50. The summed E-state index contributed by atoms with van der Waals surface area (Å²) in [6.45, 7) is 1.00. The van der Waals surface area contributed by atoms with E-state index in [1.165, 1.54) is 10.9 Å². The number of aromatic amines is 1. The molecule has 6 nitrogen and oxygen atoms in total. The van der Waals surface area contributed by atoms with E-state index in [2.05, 4.69) is 28.4 Å². The van der Waals surface area contributed by atoms with Crippen molar-refractivity contribution in [1.29, 1.82) is 0 Å². The summed E-state index contributed by atoms with van der Waals surface area (Å²) < 4.78 is 0. The summed E-state index contributed by atoms with van der Waals surface area (Å²) >= 11 is 0. The molecule has 1 atom stereocenters. The molecule has 0 saturated heterocycles. The van der Waals surface area contributed by atoms with E-state index in [1.807, 2.05) is 18.3 Å². The highest BCUT2D eigenvalue weighted by Crippen LogP contribution is 2.09. The summed E-state index contributed by atoms with van der Waals surface area (Å²) in [4.78, 5) is 32.7. The lowest BCUT2D eigenvalue weighted by molar-refractivity contribution is -0.141. The standard InChI is InChI=1S/C8H7N.C4H5NO4/c1-2-4-8-7(3-1)5-6-9-8;1-2(6)3(5-9)4(7)8/h1-6,9H;3H,1H3,(H,7,8). The van der Waals surface area contributed by atoms with Crippen molar-refractivity contribution in [3.8, 4) is 0 Å². The number of para-hydroxylation sites is 1. The maximum absolute atomic E-state index is 10.1. The SMILES string of the molecule is CC(=O)C(N=O)C(=O)O.c1ccc2[nH]ccc2c1. The molecule has 0 aliphatic carbocycles. The number of rotatable bonds is 3. The van der Waals surface area contributed by atoms with Crippen LogP contribution < -0.4 is 0 Å². The van der Waals surface area contributed by atoms with E-state index in [0.29, 0.717) is 0 Å². The zero-order valence-electron chi connectivity index (χ0n) is 9.66. The number of Topliss-reactive ketones (excluding diaryl/α,β-unsaturated/α-hetero) is 1. The number of carboxylic acids is 1. The number of H-pyrrole nitrogens is 1. The molecule has 0 aliphatic rings. The van der Waals surface area contributed by atoms with Crippen molar-refractivity contribution in [3.05, 3.63) is 41.4 Å². The fourth-order valence-corrected chi connectivity index (χ4v) is 1.29. The minimum absolute atomic E-state index is 0.752. The molecule has 0 saturated carbocycles. The van der Waals surface area contributed by atoms with Crippen LogP contribution in [0.2, 0.25) is 0 Å². The van der Waals surface area contributed by atoms with Gasteiger partial charge in [0.15, 0.2) is 5.78 Å². The highest BCUT2D eigenvalue weighted by molar-refractivity contribution is 6.01. The minimum atomic E-state index is -1.73. The van der Waals surface area contributed by atoms with Crippen molar-refractivity contribution in [1.82, 2.24) is 4.98 Å². The van der Waals surface area contributed by atoms with Crippen molar-refractivity contribution >= 4 is 22.7 Å². The molecular weight excluding hydrogens is 236 g/mol. The molecule has 0 spiro atoms. The molecule has 0 aliphatic heterocycles. The molecule has 18 heavy (non-hydrogen) atoms. The molecule has 1 aromatic heterocycles. The quantitative estimate of drug-likeness (QED) is 0.640. The Morgan fingerprint density at radius 2 is 1.94 bits per heavy atom. The predicted octanol–water partition coefficient (Wildman–Crippen LogP) is 1.96. The van der Waals surface area contributed by atoms with Crippen LogP contribution in [0.15, 0.2) is 41.7 Å². The van der Waals surface area contributed by atoms with E-state index in [1.54, 1.807) is 0 Å². The van der Waals surface area contributed by atoms with Gasteiger partial charge in [-0.2, -0.15) is 0 Å². The van der Waals surface area contributed by atoms with E-state index >= 15 is 0 Å². The second-order valence-electron chi connectivity index (χ2n) is 3.52. The predicted molar refractivity (Wildman–Crippen MR) is 66.2 cm³/mol. The topological polar surface area (TPSA) is 99.6 Å². The van der Waals surface area contributed by atoms with E-state index < -0.39 is 17.8 Å². The van der Waals surface area contributed by atoms with Gasteiger partial charge in [-0.05, 0) is 29.6 Å². The summed E-state index contributed by atoms with van der Waals surface area (Å²) in [6, 6.07) is 8.55. The van der Waals surface area contributed by atoms with Crippen molar-refractivity contribution in [2.45, 2.75) is 13.0 Å². The summed E-state index contributed by atoms with van der Waals surface area (Å²) in [7, 11) is 0. The number of aliphatic carboxylic acids is 1. The van der Waals surface area contributed by atoms with Crippen LogP contribution in [0.1, 0.15) is 6.92 Å². The van der Waals surface area contributed by atoms with Crippen molar-refractivity contribution in [2.24, 2.45) is 5.18 Å².